The topological polar surface area (TPSA) is 72.0 Å². The number of rotatable bonds is 3. The van der Waals surface area contributed by atoms with Gasteiger partial charge in [-0.2, -0.15) is 4.39 Å². The molecule has 0 radical (unpaired) electrons. The first-order valence-corrected chi connectivity index (χ1v) is 6.61. The van der Waals surface area contributed by atoms with E-state index in [-0.39, 0.29) is 15.9 Å². The molecular formula is C10H7ClFN3O2S. The maximum atomic E-state index is 12.8. The van der Waals surface area contributed by atoms with E-state index in [0.717, 1.165) is 6.07 Å². The van der Waals surface area contributed by atoms with Gasteiger partial charge in [0.2, 0.25) is 5.95 Å². The molecule has 0 aliphatic carbocycles. The van der Waals surface area contributed by atoms with E-state index >= 15 is 0 Å². The summed E-state index contributed by atoms with van der Waals surface area (Å²) < 4.78 is 38.8. The second-order valence-corrected chi connectivity index (χ2v) is 5.25. The third-order valence-corrected chi connectivity index (χ3v) is 3.77. The van der Waals surface area contributed by atoms with Crippen LogP contribution < -0.4 is 4.72 Å². The van der Waals surface area contributed by atoms with E-state index < -0.39 is 16.0 Å². The van der Waals surface area contributed by atoms with Gasteiger partial charge in [0.25, 0.3) is 10.0 Å². The Morgan fingerprint density at radius 2 is 2.00 bits per heavy atom. The van der Waals surface area contributed by atoms with Crippen molar-refractivity contribution < 1.29 is 12.8 Å². The first-order valence-electron chi connectivity index (χ1n) is 4.75. The van der Waals surface area contributed by atoms with E-state index in [9.17, 15) is 12.8 Å². The van der Waals surface area contributed by atoms with Gasteiger partial charge in [-0.3, -0.25) is 4.72 Å². The SMILES string of the molecule is O=S(=O)(Nc1cccc(F)n1)c1cccnc1Cl. The van der Waals surface area contributed by atoms with Crippen molar-refractivity contribution >= 4 is 27.4 Å². The van der Waals surface area contributed by atoms with E-state index in [2.05, 4.69) is 14.7 Å². The fourth-order valence-electron chi connectivity index (χ4n) is 1.23. The molecule has 5 nitrogen and oxygen atoms in total. The first-order chi connectivity index (χ1) is 8.49. The van der Waals surface area contributed by atoms with Gasteiger partial charge in [-0.1, -0.05) is 17.7 Å². The molecule has 0 aliphatic heterocycles. The Labute approximate surface area is 108 Å². The van der Waals surface area contributed by atoms with E-state index in [1.54, 1.807) is 0 Å². The second-order valence-electron chi connectivity index (χ2n) is 3.24. The minimum atomic E-state index is -3.93. The summed E-state index contributed by atoms with van der Waals surface area (Å²) in [5, 5.41) is -0.165. The molecule has 0 unspecified atom stereocenters. The number of nitrogens with zero attached hydrogens (tertiary/aromatic N) is 2. The highest BCUT2D eigenvalue weighted by atomic mass is 35.5. The average molecular weight is 288 g/mol. The predicted molar refractivity (Wildman–Crippen MR) is 64.3 cm³/mol. The molecule has 2 aromatic heterocycles. The summed E-state index contributed by atoms with van der Waals surface area (Å²) in [5.41, 5.74) is 0. The lowest BCUT2D eigenvalue weighted by molar-refractivity contribution is 0.584. The molecule has 8 heteroatoms. The highest BCUT2D eigenvalue weighted by molar-refractivity contribution is 7.92. The van der Waals surface area contributed by atoms with E-state index in [0.29, 0.717) is 0 Å². The van der Waals surface area contributed by atoms with Gasteiger partial charge in [0.1, 0.15) is 15.9 Å². The molecule has 0 atom stereocenters. The van der Waals surface area contributed by atoms with Crippen LogP contribution >= 0.6 is 11.6 Å². The average Bonchev–Trinajstić information content (AvgIpc) is 2.28. The lowest BCUT2D eigenvalue weighted by Gasteiger charge is -2.07. The first kappa shape index (κ1) is 12.7. The van der Waals surface area contributed by atoms with Gasteiger partial charge in [-0.05, 0) is 24.3 Å². The van der Waals surface area contributed by atoms with Gasteiger partial charge in [-0.15, -0.1) is 0 Å². The molecule has 1 N–H and O–H groups in total. The van der Waals surface area contributed by atoms with Crippen LogP contribution in [0.3, 0.4) is 0 Å². The van der Waals surface area contributed by atoms with Crippen molar-refractivity contribution in [3.8, 4) is 0 Å². The molecular weight excluding hydrogens is 281 g/mol. The minimum Gasteiger partial charge on any atom is -0.263 e. The zero-order valence-electron chi connectivity index (χ0n) is 8.84. The lowest BCUT2D eigenvalue weighted by Crippen LogP contribution is -2.15. The van der Waals surface area contributed by atoms with E-state index in [4.69, 9.17) is 11.6 Å². The number of pyridine rings is 2. The Kier molecular flexibility index (Phi) is 3.44. The van der Waals surface area contributed by atoms with Crippen molar-refractivity contribution in [2.75, 3.05) is 4.72 Å². The number of anilines is 1. The number of aromatic nitrogens is 2. The molecule has 0 saturated carbocycles. The van der Waals surface area contributed by atoms with Crippen LogP contribution in [0.5, 0.6) is 0 Å². The maximum Gasteiger partial charge on any atom is 0.266 e. The third-order valence-electron chi connectivity index (χ3n) is 1.97. The van der Waals surface area contributed by atoms with Crippen LogP contribution in [0.4, 0.5) is 10.2 Å². The summed E-state index contributed by atoms with van der Waals surface area (Å²) in [6.07, 6.45) is 1.36. The van der Waals surface area contributed by atoms with Gasteiger partial charge < -0.3 is 0 Å². The summed E-state index contributed by atoms with van der Waals surface area (Å²) >= 11 is 5.68. The van der Waals surface area contributed by atoms with Gasteiger partial charge >= 0.3 is 0 Å². The Bertz CT molecular complexity index is 678. The van der Waals surface area contributed by atoms with E-state index in [1.165, 1.54) is 30.5 Å². The number of sulfonamides is 1. The molecule has 0 aliphatic rings. The third kappa shape index (κ3) is 2.74. The fourth-order valence-corrected chi connectivity index (χ4v) is 2.68. The summed E-state index contributed by atoms with van der Waals surface area (Å²) in [6, 6.07) is 6.49. The van der Waals surface area contributed by atoms with Crippen LogP contribution in [0.2, 0.25) is 5.15 Å². The second kappa shape index (κ2) is 4.87. The normalized spacial score (nSPS) is 11.2. The molecule has 2 aromatic rings. The molecule has 0 aromatic carbocycles. The quantitative estimate of drug-likeness (QED) is 0.877. The predicted octanol–water partition coefficient (Wildman–Crippen LogP) is 2.07. The number of halogens is 2. The van der Waals surface area contributed by atoms with Crippen molar-refractivity contribution in [3.05, 3.63) is 47.6 Å². The Morgan fingerprint density at radius 3 is 2.67 bits per heavy atom. The Balaban J connectivity index is 2.37. The highest BCUT2D eigenvalue weighted by Crippen LogP contribution is 2.20. The largest absolute Gasteiger partial charge is 0.266 e. The number of hydrogen-bond donors (Lipinski definition) is 1. The van der Waals surface area contributed by atoms with Crippen molar-refractivity contribution in [3.63, 3.8) is 0 Å². The lowest BCUT2D eigenvalue weighted by atomic mass is 10.5. The summed E-state index contributed by atoms with van der Waals surface area (Å²) in [5.74, 6) is -0.914. The minimum absolute atomic E-state index is 0.130. The fraction of sp³-hybridized carbons (Fsp3) is 0. The monoisotopic (exact) mass is 287 g/mol. The van der Waals surface area contributed by atoms with Crippen LogP contribution in [0.1, 0.15) is 0 Å². The smallest absolute Gasteiger partial charge is 0.263 e. The van der Waals surface area contributed by atoms with Gasteiger partial charge in [0, 0.05) is 6.20 Å². The van der Waals surface area contributed by atoms with E-state index in [1.807, 2.05) is 0 Å². The molecule has 2 heterocycles. The molecule has 0 bridgehead atoms. The van der Waals surface area contributed by atoms with Crippen molar-refractivity contribution in [2.24, 2.45) is 0 Å². The number of hydrogen-bond acceptors (Lipinski definition) is 4. The van der Waals surface area contributed by atoms with Crippen LogP contribution in [0.15, 0.2) is 41.4 Å². The van der Waals surface area contributed by atoms with Crippen molar-refractivity contribution in [1.82, 2.24) is 9.97 Å². The summed E-state index contributed by atoms with van der Waals surface area (Å²) in [4.78, 5) is 6.85. The van der Waals surface area contributed by atoms with Crippen LogP contribution in [-0.4, -0.2) is 18.4 Å². The molecule has 0 spiro atoms. The van der Waals surface area contributed by atoms with Crippen molar-refractivity contribution in [1.29, 1.82) is 0 Å². The van der Waals surface area contributed by atoms with Gasteiger partial charge in [0.05, 0.1) is 0 Å². The maximum absolute atomic E-state index is 12.8. The van der Waals surface area contributed by atoms with Crippen LogP contribution in [0.25, 0.3) is 0 Å². The Hall–Kier alpha value is -1.73. The molecule has 18 heavy (non-hydrogen) atoms. The molecule has 0 fully saturated rings. The molecule has 2 rings (SSSR count). The molecule has 0 saturated heterocycles. The zero-order valence-corrected chi connectivity index (χ0v) is 10.4. The summed E-state index contributed by atoms with van der Waals surface area (Å²) in [6.45, 7) is 0. The Morgan fingerprint density at radius 1 is 1.22 bits per heavy atom. The van der Waals surface area contributed by atoms with Crippen LogP contribution in [0, 0.1) is 5.95 Å². The van der Waals surface area contributed by atoms with Crippen LogP contribution in [-0.2, 0) is 10.0 Å². The molecule has 0 amide bonds. The highest BCUT2D eigenvalue weighted by Gasteiger charge is 2.19. The van der Waals surface area contributed by atoms with Gasteiger partial charge in [0.15, 0.2) is 0 Å². The van der Waals surface area contributed by atoms with Crippen molar-refractivity contribution in [2.45, 2.75) is 4.90 Å². The van der Waals surface area contributed by atoms with Gasteiger partial charge in [-0.25, -0.2) is 18.4 Å². The molecule has 94 valence electrons. The standard InChI is InChI=1S/C10H7ClFN3O2S/c11-10-7(3-2-6-13-10)18(16,17)15-9-5-1-4-8(12)14-9/h1-6H,(H,14,15). The zero-order chi connectivity index (χ0) is 13.2. The summed E-state index contributed by atoms with van der Waals surface area (Å²) in [7, 11) is -3.93. The number of nitrogens with one attached hydrogen (secondary N) is 1.